The number of carbonyl (C=O) groups excluding carboxylic acids is 1. The number of anilines is 1. The number of sulfone groups is 1. The Morgan fingerprint density at radius 1 is 1.50 bits per heavy atom. The van der Waals surface area contributed by atoms with E-state index in [9.17, 15) is 13.2 Å². The first-order chi connectivity index (χ1) is 8.43. The van der Waals surface area contributed by atoms with Gasteiger partial charge in [0.15, 0.2) is 9.84 Å². The molecule has 1 amide bonds. The molecule has 5 nitrogen and oxygen atoms in total. The smallest absolute Gasteiger partial charge is 0.250 e. The van der Waals surface area contributed by atoms with Crippen LogP contribution in [0.3, 0.4) is 0 Å². The highest BCUT2D eigenvalue weighted by Crippen LogP contribution is 2.33. The van der Waals surface area contributed by atoms with Crippen molar-refractivity contribution < 1.29 is 17.9 Å². The third-order valence-electron chi connectivity index (χ3n) is 2.66. The van der Waals surface area contributed by atoms with Crippen LogP contribution in [0.1, 0.15) is 0 Å². The van der Waals surface area contributed by atoms with Crippen LogP contribution in [0.25, 0.3) is 0 Å². The molecule has 2 rings (SSSR count). The summed E-state index contributed by atoms with van der Waals surface area (Å²) in [6.45, 7) is 4.19. The Bertz CT molecular complexity index is 607. The molecule has 6 heteroatoms. The van der Waals surface area contributed by atoms with Crippen molar-refractivity contribution in [3.05, 3.63) is 30.9 Å². The van der Waals surface area contributed by atoms with Crippen LogP contribution in [0, 0.1) is 0 Å². The van der Waals surface area contributed by atoms with Crippen molar-refractivity contribution in [1.82, 2.24) is 0 Å². The van der Waals surface area contributed by atoms with Gasteiger partial charge in [0, 0.05) is 6.26 Å². The summed E-state index contributed by atoms with van der Waals surface area (Å²) in [6.07, 6.45) is 2.32. The van der Waals surface area contributed by atoms with Crippen molar-refractivity contribution in [3.63, 3.8) is 0 Å². The fraction of sp³-hybridized carbons (Fsp3) is 0.250. The van der Waals surface area contributed by atoms with Gasteiger partial charge in [-0.1, -0.05) is 6.58 Å². The molecule has 0 radical (unpaired) electrons. The molecule has 0 aromatic heterocycles. The molecule has 0 unspecified atom stereocenters. The first kappa shape index (κ1) is 12.6. The van der Waals surface area contributed by atoms with Crippen LogP contribution in [0.2, 0.25) is 0 Å². The molecular weight excluding hydrogens is 254 g/mol. The molecule has 0 saturated carbocycles. The fourth-order valence-electron chi connectivity index (χ4n) is 1.77. The molecule has 1 heterocycles. The molecule has 96 valence electrons. The van der Waals surface area contributed by atoms with E-state index in [0.717, 1.165) is 6.26 Å². The fourth-order valence-corrected chi connectivity index (χ4v) is 2.41. The van der Waals surface area contributed by atoms with Crippen LogP contribution < -0.4 is 9.64 Å². The van der Waals surface area contributed by atoms with E-state index in [4.69, 9.17) is 4.74 Å². The zero-order valence-corrected chi connectivity index (χ0v) is 10.7. The van der Waals surface area contributed by atoms with Crippen LogP contribution in [-0.4, -0.2) is 33.7 Å². The molecular formula is C12H13NO4S. The molecule has 0 atom stereocenters. The number of hydrogen-bond donors (Lipinski definition) is 0. The molecule has 1 aliphatic heterocycles. The number of benzene rings is 1. The van der Waals surface area contributed by atoms with Gasteiger partial charge >= 0.3 is 0 Å². The van der Waals surface area contributed by atoms with Crippen molar-refractivity contribution >= 4 is 21.4 Å². The minimum Gasteiger partial charge on any atom is -0.490 e. The molecule has 0 aliphatic carbocycles. The second-order valence-electron chi connectivity index (χ2n) is 3.94. The Morgan fingerprint density at radius 3 is 2.83 bits per heavy atom. The zero-order chi connectivity index (χ0) is 13.3. The topological polar surface area (TPSA) is 63.7 Å². The maximum absolute atomic E-state index is 11.7. The highest BCUT2D eigenvalue weighted by molar-refractivity contribution is 7.90. The Morgan fingerprint density at radius 2 is 2.22 bits per heavy atom. The van der Waals surface area contributed by atoms with Crippen LogP contribution in [-0.2, 0) is 14.6 Å². The standard InChI is InChI=1S/C12H13NO4S/c1-3-12(14)13-6-7-17-11-5-4-9(8-10(11)13)18(2,15)16/h3-5,8H,1,6-7H2,2H3. The summed E-state index contributed by atoms with van der Waals surface area (Å²) in [5.74, 6) is 0.231. The Kier molecular flexibility index (Phi) is 3.13. The van der Waals surface area contributed by atoms with Crippen molar-refractivity contribution in [3.8, 4) is 5.75 Å². The lowest BCUT2D eigenvalue weighted by Crippen LogP contribution is -2.36. The van der Waals surface area contributed by atoms with Crippen LogP contribution in [0.15, 0.2) is 35.7 Å². The zero-order valence-electron chi connectivity index (χ0n) is 9.92. The van der Waals surface area contributed by atoms with Crippen molar-refractivity contribution in [2.75, 3.05) is 24.3 Å². The number of ether oxygens (including phenoxy) is 1. The van der Waals surface area contributed by atoms with E-state index in [1.807, 2.05) is 0 Å². The van der Waals surface area contributed by atoms with E-state index < -0.39 is 9.84 Å². The average Bonchev–Trinajstić information content (AvgIpc) is 2.35. The monoisotopic (exact) mass is 267 g/mol. The van der Waals surface area contributed by atoms with E-state index in [0.29, 0.717) is 24.6 Å². The number of rotatable bonds is 2. The van der Waals surface area contributed by atoms with E-state index in [1.54, 1.807) is 6.07 Å². The van der Waals surface area contributed by atoms with Gasteiger partial charge in [-0.2, -0.15) is 0 Å². The minimum absolute atomic E-state index is 0.161. The normalized spacial score (nSPS) is 14.6. The first-order valence-corrected chi connectivity index (χ1v) is 7.23. The van der Waals surface area contributed by atoms with Gasteiger partial charge in [0.05, 0.1) is 17.1 Å². The number of amides is 1. The van der Waals surface area contributed by atoms with Crippen molar-refractivity contribution in [2.24, 2.45) is 0 Å². The SMILES string of the molecule is C=CC(=O)N1CCOc2ccc(S(C)(=O)=O)cc21. The third-order valence-corrected chi connectivity index (χ3v) is 3.77. The summed E-state index contributed by atoms with van der Waals surface area (Å²) in [7, 11) is -3.31. The van der Waals surface area contributed by atoms with Gasteiger partial charge in [-0.15, -0.1) is 0 Å². The summed E-state index contributed by atoms with van der Waals surface area (Å²) < 4.78 is 28.4. The highest BCUT2D eigenvalue weighted by Gasteiger charge is 2.23. The van der Waals surface area contributed by atoms with Gasteiger partial charge in [-0.25, -0.2) is 8.42 Å². The third kappa shape index (κ3) is 2.24. The van der Waals surface area contributed by atoms with Crippen molar-refractivity contribution in [2.45, 2.75) is 4.90 Å². The highest BCUT2D eigenvalue weighted by atomic mass is 32.2. The van der Waals surface area contributed by atoms with Crippen LogP contribution >= 0.6 is 0 Å². The summed E-state index contributed by atoms with van der Waals surface area (Å²) >= 11 is 0. The van der Waals surface area contributed by atoms with Gasteiger partial charge < -0.3 is 9.64 Å². The lowest BCUT2D eigenvalue weighted by Gasteiger charge is -2.28. The average molecular weight is 267 g/mol. The summed E-state index contributed by atoms with van der Waals surface area (Å²) in [5, 5.41) is 0. The number of carbonyl (C=O) groups is 1. The van der Waals surface area contributed by atoms with E-state index in [2.05, 4.69) is 6.58 Å². The van der Waals surface area contributed by atoms with Crippen molar-refractivity contribution in [1.29, 1.82) is 0 Å². The quantitative estimate of drug-likeness (QED) is 0.750. The van der Waals surface area contributed by atoms with Crippen LogP contribution in [0.4, 0.5) is 5.69 Å². The second kappa shape index (κ2) is 4.45. The molecule has 0 saturated heterocycles. The number of nitrogens with zero attached hydrogens (tertiary/aromatic N) is 1. The van der Waals surface area contributed by atoms with Crippen LogP contribution in [0.5, 0.6) is 5.75 Å². The van der Waals surface area contributed by atoms with E-state index in [-0.39, 0.29) is 10.8 Å². The largest absolute Gasteiger partial charge is 0.490 e. The van der Waals surface area contributed by atoms with E-state index in [1.165, 1.54) is 23.1 Å². The van der Waals surface area contributed by atoms with Gasteiger partial charge in [-0.05, 0) is 24.3 Å². The van der Waals surface area contributed by atoms with Gasteiger partial charge in [-0.3, -0.25) is 4.79 Å². The molecule has 0 bridgehead atoms. The second-order valence-corrected chi connectivity index (χ2v) is 5.96. The predicted molar refractivity (Wildman–Crippen MR) is 67.6 cm³/mol. The molecule has 1 aromatic carbocycles. The number of fused-ring (bicyclic) bond motifs is 1. The molecule has 1 aromatic rings. The number of hydrogen-bond acceptors (Lipinski definition) is 4. The Hall–Kier alpha value is -1.82. The molecule has 18 heavy (non-hydrogen) atoms. The van der Waals surface area contributed by atoms with Gasteiger partial charge in [0.25, 0.3) is 5.91 Å². The molecule has 0 spiro atoms. The lowest BCUT2D eigenvalue weighted by molar-refractivity contribution is -0.114. The van der Waals surface area contributed by atoms with Gasteiger partial charge in [0.1, 0.15) is 12.4 Å². The summed E-state index contributed by atoms with van der Waals surface area (Å²) in [5.41, 5.74) is 0.467. The predicted octanol–water partition coefficient (Wildman–Crippen LogP) is 1.00. The minimum atomic E-state index is -3.31. The lowest BCUT2D eigenvalue weighted by atomic mass is 10.2. The van der Waals surface area contributed by atoms with E-state index >= 15 is 0 Å². The summed E-state index contributed by atoms with van der Waals surface area (Å²) in [4.78, 5) is 13.3. The maximum atomic E-state index is 11.7. The Balaban J connectivity index is 2.54. The summed E-state index contributed by atoms with van der Waals surface area (Å²) in [6, 6.07) is 4.48. The Labute approximate surface area is 106 Å². The first-order valence-electron chi connectivity index (χ1n) is 5.34. The molecule has 0 N–H and O–H groups in total. The maximum Gasteiger partial charge on any atom is 0.250 e. The molecule has 1 aliphatic rings. The molecule has 0 fully saturated rings. The van der Waals surface area contributed by atoms with Gasteiger partial charge in [0.2, 0.25) is 0 Å².